The van der Waals surface area contributed by atoms with Gasteiger partial charge in [-0.1, -0.05) is 32.4 Å². The Kier molecular flexibility index (Phi) is 2.79. The molecule has 104 valence electrons. The van der Waals surface area contributed by atoms with Crippen molar-refractivity contribution in [2.24, 2.45) is 16.7 Å². The first kappa shape index (κ1) is 13.1. The molecular formula is C16H23ClN2. The number of fused-ring (bicyclic) bond motifs is 2. The van der Waals surface area contributed by atoms with Crippen LogP contribution in [-0.4, -0.2) is 6.04 Å². The number of hydrogen-bond donors (Lipinski definition) is 2. The van der Waals surface area contributed by atoms with Gasteiger partial charge in [-0.2, -0.15) is 0 Å². The van der Waals surface area contributed by atoms with Crippen molar-refractivity contribution in [3.8, 4) is 0 Å². The lowest BCUT2D eigenvalue weighted by atomic mass is 9.68. The Morgan fingerprint density at radius 2 is 2.05 bits per heavy atom. The first-order chi connectivity index (χ1) is 8.83. The van der Waals surface area contributed by atoms with Gasteiger partial charge < -0.3 is 11.1 Å². The van der Waals surface area contributed by atoms with E-state index >= 15 is 0 Å². The normalized spacial score (nSPS) is 35.6. The minimum atomic E-state index is 0.332. The Morgan fingerprint density at radius 1 is 1.32 bits per heavy atom. The van der Waals surface area contributed by atoms with Crippen molar-refractivity contribution in [2.45, 2.75) is 46.1 Å². The van der Waals surface area contributed by atoms with E-state index in [0.29, 0.717) is 21.9 Å². The van der Waals surface area contributed by atoms with Gasteiger partial charge in [0.1, 0.15) is 0 Å². The van der Waals surface area contributed by atoms with Gasteiger partial charge in [0.2, 0.25) is 0 Å². The predicted molar refractivity (Wildman–Crippen MR) is 82.5 cm³/mol. The molecule has 3 N–H and O–H groups in total. The molecule has 0 aromatic heterocycles. The van der Waals surface area contributed by atoms with Crippen LogP contribution in [-0.2, 0) is 0 Å². The summed E-state index contributed by atoms with van der Waals surface area (Å²) in [4.78, 5) is 0. The molecule has 2 saturated carbocycles. The van der Waals surface area contributed by atoms with Crippen molar-refractivity contribution in [1.29, 1.82) is 0 Å². The van der Waals surface area contributed by atoms with E-state index in [0.717, 1.165) is 17.3 Å². The van der Waals surface area contributed by atoms with Gasteiger partial charge in [-0.3, -0.25) is 0 Å². The molecule has 1 aromatic carbocycles. The van der Waals surface area contributed by atoms with Crippen LogP contribution in [0.25, 0.3) is 0 Å². The molecule has 0 heterocycles. The summed E-state index contributed by atoms with van der Waals surface area (Å²) in [6.45, 7) is 7.21. The second kappa shape index (κ2) is 4.05. The van der Waals surface area contributed by atoms with Gasteiger partial charge >= 0.3 is 0 Å². The molecule has 2 bridgehead atoms. The van der Waals surface area contributed by atoms with E-state index in [-0.39, 0.29) is 0 Å². The van der Waals surface area contributed by atoms with E-state index in [9.17, 15) is 0 Å². The van der Waals surface area contributed by atoms with Crippen LogP contribution in [0.2, 0.25) is 5.02 Å². The Labute approximate surface area is 120 Å². The van der Waals surface area contributed by atoms with Crippen molar-refractivity contribution < 1.29 is 0 Å². The van der Waals surface area contributed by atoms with Crippen molar-refractivity contribution in [3.05, 3.63) is 23.2 Å². The van der Waals surface area contributed by atoms with E-state index in [1.165, 1.54) is 19.3 Å². The Hall–Kier alpha value is -0.890. The summed E-state index contributed by atoms with van der Waals surface area (Å²) >= 11 is 5.97. The monoisotopic (exact) mass is 278 g/mol. The van der Waals surface area contributed by atoms with E-state index in [4.69, 9.17) is 17.3 Å². The highest BCUT2D eigenvalue weighted by molar-refractivity contribution is 6.31. The predicted octanol–water partition coefficient (Wildman–Crippen LogP) is 4.55. The summed E-state index contributed by atoms with van der Waals surface area (Å²) in [5.41, 5.74) is 8.59. The Bertz CT molecular complexity index is 507. The summed E-state index contributed by atoms with van der Waals surface area (Å²) in [6, 6.07) is 6.22. The molecular weight excluding hydrogens is 256 g/mol. The lowest BCUT2D eigenvalue weighted by Gasteiger charge is -2.43. The third kappa shape index (κ3) is 1.92. The molecule has 3 atom stereocenters. The average molecular weight is 279 g/mol. The zero-order chi connectivity index (χ0) is 13.8. The molecule has 2 nitrogen and oxygen atoms in total. The minimum Gasteiger partial charge on any atom is -0.397 e. The number of nitrogens with two attached hydrogens (primary N) is 1. The zero-order valence-electron chi connectivity index (χ0n) is 12.0. The topological polar surface area (TPSA) is 38.0 Å². The molecule has 0 aliphatic heterocycles. The Morgan fingerprint density at radius 3 is 2.63 bits per heavy atom. The summed E-state index contributed by atoms with van der Waals surface area (Å²) in [7, 11) is 0. The fraction of sp³-hybridized carbons (Fsp3) is 0.625. The standard InChI is InChI=1S/C16H23ClN2/c1-15(2)10-6-7-16(3,9-10)14(15)19-13-5-4-11(17)8-12(13)18/h4-5,8,10,14,19H,6-7,9,18H2,1-3H3. The van der Waals surface area contributed by atoms with Crippen molar-refractivity contribution in [3.63, 3.8) is 0 Å². The zero-order valence-corrected chi connectivity index (χ0v) is 12.7. The van der Waals surface area contributed by atoms with Crippen LogP contribution >= 0.6 is 11.6 Å². The van der Waals surface area contributed by atoms with Gasteiger partial charge in [-0.25, -0.2) is 0 Å². The molecule has 0 radical (unpaired) electrons. The van der Waals surface area contributed by atoms with Crippen LogP contribution in [0.15, 0.2) is 18.2 Å². The first-order valence-electron chi connectivity index (χ1n) is 7.14. The second-order valence-corrected chi connectivity index (χ2v) is 7.66. The van der Waals surface area contributed by atoms with Crippen LogP contribution in [0.4, 0.5) is 11.4 Å². The molecule has 19 heavy (non-hydrogen) atoms. The van der Waals surface area contributed by atoms with Gasteiger partial charge in [0.25, 0.3) is 0 Å². The number of hydrogen-bond acceptors (Lipinski definition) is 2. The third-order valence-electron chi connectivity index (χ3n) is 5.58. The summed E-state index contributed by atoms with van der Waals surface area (Å²) in [6.07, 6.45) is 4.04. The highest BCUT2D eigenvalue weighted by Crippen LogP contribution is 2.63. The number of nitrogen functional groups attached to an aromatic ring is 1. The molecule has 2 fully saturated rings. The van der Waals surface area contributed by atoms with Gasteiger partial charge in [-0.05, 0) is 54.2 Å². The van der Waals surface area contributed by atoms with Crippen LogP contribution in [0.5, 0.6) is 0 Å². The molecule has 0 spiro atoms. The SMILES string of the molecule is CC12CCC(C1)C(C)(C)C2Nc1ccc(Cl)cc1N. The lowest BCUT2D eigenvalue weighted by molar-refractivity contribution is 0.155. The van der Waals surface area contributed by atoms with Crippen LogP contribution in [0.3, 0.4) is 0 Å². The van der Waals surface area contributed by atoms with E-state index in [1.54, 1.807) is 0 Å². The van der Waals surface area contributed by atoms with Gasteiger partial charge in [0, 0.05) is 11.1 Å². The number of anilines is 2. The molecule has 3 unspecified atom stereocenters. The van der Waals surface area contributed by atoms with Crippen LogP contribution in [0.1, 0.15) is 40.0 Å². The van der Waals surface area contributed by atoms with Gasteiger partial charge in [-0.15, -0.1) is 0 Å². The molecule has 1 aromatic rings. The van der Waals surface area contributed by atoms with E-state index in [2.05, 4.69) is 26.1 Å². The fourth-order valence-electron chi connectivity index (χ4n) is 4.48. The summed E-state index contributed by atoms with van der Waals surface area (Å²) in [5.74, 6) is 0.837. The maximum atomic E-state index is 6.08. The van der Waals surface area contributed by atoms with Crippen LogP contribution < -0.4 is 11.1 Å². The number of rotatable bonds is 2. The molecule has 0 saturated heterocycles. The van der Waals surface area contributed by atoms with Crippen molar-refractivity contribution >= 4 is 23.0 Å². The van der Waals surface area contributed by atoms with Crippen molar-refractivity contribution in [2.75, 3.05) is 11.1 Å². The molecule has 3 rings (SSSR count). The van der Waals surface area contributed by atoms with E-state index < -0.39 is 0 Å². The largest absolute Gasteiger partial charge is 0.397 e. The van der Waals surface area contributed by atoms with Gasteiger partial charge in [0.05, 0.1) is 11.4 Å². The first-order valence-corrected chi connectivity index (χ1v) is 7.52. The fourth-order valence-corrected chi connectivity index (χ4v) is 4.66. The van der Waals surface area contributed by atoms with Crippen LogP contribution in [0, 0.1) is 16.7 Å². The summed E-state index contributed by atoms with van der Waals surface area (Å²) < 4.78 is 0. The van der Waals surface area contributed by atoms with Crippen molar-refractivity contribution in [1.82, 2.24) is 0 Å². The molecule has 2 aliphatic carbocycles. The third-order valence-corrected chi connectivity index (χ3v) is 5.82. The highest BCUT2D eigenvalue weighted by Gasteiger charge is 2.59. The number of halogens is 1. The Balaban J connectivity index is 1.90. The minimum absolute atomic E-state index is 0.332. The number of benzene rings is 1. The lowest BCUT2D eigenvalue weighted by Crippen LogP contribution is -2.45. The maximum Gasteiger partial charge on any atom is 0.0577 e. The molecule has 3 heteroatoms. The van der Waals surface area contributed by atoms with Gasteiger partial charge in [0.15, 0.2) is 0 Å². The molecule has 2 aliphatic rings. The average Bonchev–Trinajstić information content (AvgIpc) is 2.78. The smallest absolute Gasteiger partial charge is 0.0577 e. The molecule has 0 amide bonds. The number of nitrogens with one attached hydrogen (secondary N) is 1. The quantitative estimate of drug-likeness (QED) is 0.779. The maximum absolute atomic E-state index is 6.08. The highest BCUT2D eigenvalue weighted by atomic mass is 35.5. The van der Waals surface area contributed by atoms with E-state index in [1.807, 2.05) is 18.2 Å². The summed E-state index contributed by atoms with van der Waals surface area (Å²) in [5, 5.41) is 4.41. The second-order valence-electron chi connectivity index (χ2n) is 7.22.